The lowest BCUT2D eigenvalue weighted by molar-refractivity contribution is -0.134. The molecule has 6 nitrogen and oxygen atoms in total. The molecule has 154 valence electrons. The Bertz CT molecular complexity index is 1030. The molecule has 1 saturated heterocycles. The van der Waals surface area contributed by atoms with Crippen LogP contribution >= 0.6 is 0 Å². The number of likely N-dealkylation sites (N-methyl/N-ethyl adjacent to an activating group) is 1. The molecule has 5 rings (SSSR count). The Morgan fingerprint density at radius 3 is 2.70 bits per heavy atom. The van der Waals surface area contributed by atoms with E-state index in [1.807, 2.05) is 35.5 Å². The first-order chi connectivity index (χ1) is 14.6. The number of rotatable bonds is 3. The summed E-state index contributed by atoms with van der Waals surface area (Å²) in [6, 6.07) is 16.1. The number of likely N-dealkylation sites (tertiary alicyclic amines) is 1. The fraction of sp³-hybridized carbons (Fsp3) is 0.375. The average molecular weight is 402 g/mol. The highest BCUT2D eigenvalue weighted by Gasteiger charge is 2.43. The number of hydrogen-bond acceptors (Lipinski definition) is 4. The summed E-state index contributed by atoms with van der Waals surface area (Å²) in [4.78, 5) is 26.6. The van der Waals surface area contributed by atoms with Gasteiger partial charge in [0, 0.05) is 43.6 Å². The highest BCUT2D eigenvalue weighted by Crippen LogP contribution is 2.38. The molecule has 30 heavy (non-hydrogen) atoms. The van der Waals surface area contributed by atoms with Gasteiger partial charge in [-0.05, 0) is 32.0 Å². The Morgan fingerprint density at radius 1 is 1.07 bits per heavy atom. The van der Waals surface area contributed by atoms with E-state index in [-0.39, 0.29) is 11.4 Å². The Kier molecular flexibility index (Phi) is 4.87. The van der Waals surface area contributed by atoms with Crippen LogP contribution in [0, 0.1) is 0 Å². The van der Waals surface area contributed by atoms with Crippen LogP contribution in [0.25, 0.3) is 11.3 Å². The topological polar surface area (TPSA) is 54.3 Å². The van der Waals surface area contributed by atoms with E-state index in [1.54, 1.807) is 6.20 Å². The Balaban J connectivity index is 1.45. The van der Waals surface area contributed by atoms with Gasteiger partial charge in [0.1, 0.15) is 0 Å². The Labute approximate surface area is 177 Å². The number of carbonyl (C=O) groups excluding carboxylic acids is 1. The van der Waals surface area contributed by atoms with E-state index >= 15 is 0 Å². The van der Waals surface area contributed by atoms with E-state index in [0.29, 0.717) is 6.42 Å². The molecule has 1 atom stereocenters. The van der Waals surface area contributed by atoms with Gasteiger partial charge in [-0.1, -0.05) is 36.4 Å². The van der Waals surface area contributed by atoms with Crippen molar-refractivity contribution in [1.82, 2.24) is 24.3 Å². The number of amides is 1. The second-order valence-corrected chi connectivity index (χ2v) is 8.59. The van der Waals surface area contributed by atoms with Crippen LogP contribution in [0.5, 0.6) is 0 Å². The molecule has 4 heterocycles. The minimum absolute atomic E-state index is 0.125. The summed E-state index contributed by atoms with van der Waals surface area (Å²) in [6.07, 6.45) is 6.16. The third-order valence-corrected chi connectivity index (χ3v) is 6.38. The number of carbonyl (C=O) groups is 1. The highest BCUT2D eigenvalue weighted by atomic mass is 16.2. The number of imidazole rings is 1. The van der Waals surface area contributed by atoms with Gasteiger partial charge in [-0.25, -0.2) is 4.98 Å². The van der Waals surface area contributed by atoms with Crippen LogP contribution in [0.1, 0.15) is 24.2 Å². The van der Waals surface area contributed by atoms with Crippen LogP contribution < -0.4 is 0 Å². The Hall–Kier alpha value is -2.99. The molecule has 3 aromatic rings. The molecule has 0 N–H and O–H groups in total. The predicted octanol–water partition coefficient (Wildman–Crippen LogP) is 2.95. The van der Waals surface area contributed by atoms with Crippen molar-refractivity contribution >= 4 is 5.91 Å². The van der Waals surface area contributed by atoms with E-state index in [0.717, 1.165) is 56.0 Å². The van der Waals surface area contributed by atoms with Crippen LogP contribution in [0.3, 0.4) is 0 Å². The first-order valence-electron chi connectivity index (χ1n) is 10.6. The van der Waals surface area contributed by atoms with E-state index in [2.05, 4.69) is 45.8 Å². The van der Waals surface area contributed by atoms with Gasteiger partial charge < -0.3 is 9.47 Å². The van der Waals surface area contributed by atoms with Gasteiger partial charge in [0.05, 0.1) is 29.7 Å². The number of piperidine rings is 1. The molecule has 0 aliphatic carbocycles. The lowest BCUT2D eigenvalue weighted by atomic mass is 9.85. The molecule has 0 radical (unpaired) electrons. The molecule has 6 heteroatoms. The molecule has 1 amide bonds. The SMILES string of the molecule is CN1Cc2c(-c3ccccc3)ncn2[C@@]2(CCCN(C(=O)Cc3ccccn3)C2)C1. The quantitative estimate of drug-likeness (QED) is 0.677. The summed E-state index contributed by atoms with van der Waals surface area (Å²) in [5.41, 5.74) is 4.15. The standard InChI is InChI=1S/C24H27N5O/c1-27-15-21-23(19-8-3-2-4-9-19)26-18-29(21)24(16-27)11-7-13-28(17-24)22(30)14-20-10-5-6-12-25-20/h2-6,8-10,12,18H,7,11,13-17H2,1H3/t24-/m0/s1. The van der Waals surface area contributed by atoms with Gasteiger partial charge in [0.25, 0.3) is 0 Å². The van der Waals surface area contributed by atoms with Crippen molar-refractivity contribution < 1.29 is 4.79 Å². The first kappa shape index (κ1) is 19.0. The summed E-state index contributed by atoms with van der Waals surface area (Å²) in [6.45, 7) is 3.33. The molecule has 1 aromatic carbocycles. The number of pyridine rings is 1. The smallest absolute Gasteiger partial charge is 0.228 e. The number of nitrogens with zero attached hydrogens (tertiary/aromatic N) is 5. The maximum absolute atomic E-state index is 13.1. The largest absolute Gasteiger partial charge is 0.340 e. The normalized spacial score (nSPS) is 21.6. The lowest BCUT2D eigenvalue weighted by Gasteiger charge is -2.49. The van der Waals surface area contributed by atoms with Crippen molar-refractivity contribution in [3.8, 4) is 11.3 Å². The first-order valence-corrected chi connectivity index (χ1v) is 10.6. The molecular formula is C24H27N5O. The van der Waals surface area contributed by atoms with Crippen LogP contribution in [-0.2, 0) is 23.3 Å². The van der Waals surface area contributed by atoms with Gasteiger partial charge in [-0.3, -0.25) is 14.7 Å². The fourth-order valence-corrected chi connectivity index (χ4v) is 5.08. The summed E-state index contributed by atoms with van der Waals surface area (Å²) < 4.78 is 2.37. The van der Waals surface area contributed by atoms with Gasteiger partial charge >= 0.3 is 0 Å². The van der Waals surface area contributed by atoms with E-state index in [4.69, 9.17) is 4.98 Å². The zero-order valence-corrected chi connectivity index (χ0v) is 17.4. The van der Waals surface area contributed by atoms with Gasteiger partial charge in [0.15, 0.2) is 0 Å². The Morgan fingerprint density at radius 2 is 1.90 bits per heavy atom. The molecule has 0 unspecified atom stereocenters. The van der Waals surface area contributed by atoms with Crippen molar-refractivity contribution in [2.75, 3.05) is 26.7 Å². The number of aromatic nitrogens is 3. The summed E-state index contributed by atoms with van der Waals surface area (Å²) in [5, 5.41) is 0. The molecule has 1 spiro atoms. The van der Waals surface area contributed by atoms with Crippen molar-refractivity contribution in [1.29, 1.82) is 0 Å². The van der Waals surface area contributed by atoms with E-state index in [9.17, 15) is 4.79 Å². The van der Waals surface area contributed by atoms with Gasteiger partial charge in [0.2, 0.25) is 5.91 Å². The van der Waals surface area contributed by atoms with Crippen LogP contribution in [0.2, 0.25) is 0 Å². The average Bonchev–Trinajstić information content (AvgIpc) is 3.20. The highest BCUT2D eigenvalue weighted by molar-refractivity contribution is 5.78. The van der Waals surface area contributed by atoms with E-state index in [1.165, 1.54) is 5.69 Å². The van der Waals surface area contributed by atoms with Crippen LogP contribution in [0.15, 0.2) is 61.1 Å². The van der Waals surface area contributed by atoms with Crippen LogP contribution in [0.4, 0.5) is 0 Å². The fourth-order valence-electron chi connectivity index (χ4n) is 5.08. The second-order valence-electron chi connectivity index (χ2n) is 8.59. The van der Waals surface area contributed by atoms with Gasteiger partial charge in [-0.15, -0.1) is 0 Å². The molecule has 0 saturated carbocycles. The van der Waals surface area contributed by atoms with Crippen molar-refractivity contribution in [2.45, 2.75) is 31.3 Å². The van der Waals surface area contributed by atoms with Gasteiger partial charge in [-0.2, -0.15) is 0 Å². The van der Waals surface area contributed by atoms with Crippen molar-refractivity contribution in [2.24, 2.45) is 0 Å². The molecule has 1 fully saturated rings. The maximum Gasteiger partial charge on any atom is 0.228 e. The molecule has 2 aromatic heterocycles. The molecule has 2 aliphatic heterocycles. The summed E-state index contributed by atoms with van der Waals surface area (Å²) in [5.74, 6) is 0.158. The number of benzene rings is 1. The third-order valence-electron chi connectivity index (χ3n) is 6.38. The zero-order valence-electron chi connectivity index (χ0n) is 17.4. The minimum atomic E-state index is -0.125. The minimum Gasteiger partial charge on any atom is -0.340 e. The van der Waals surface area contributed by atoms with Crippen molar-refractivity contribution in [3.05, 3.63) is 72.4 Å². The number of hydrogen-bond donors (Lipinski definition) is 0. The van der Waals surface area contributed by atoms with E-state index < -0.39 is 0 Å². The lowest BCUT2D eigenvalue weighted by Crippen LogP contribution is -2.58. The maximum atomic E-state index is 13.1. The van der Waals surface area contributed by atoms with Crippen LogP contribution in [-0.4, -0.2) is 56.9 Å². The third kappa shape index (κ3) is 3.41. The molecule has 0 bridgehead atoms. The molecule has 2 aliphatic rings. The predicted molar refractivity (Wildman–Crippen MR) is 116 cm³/mol. The number of fused-ring (bicyclic) bond motifs is 2. The summed E-state index contributed by atoms with van der Waals surface area (Å²) in [7, 11) is 2.17. The molecular weight excluding hydrogens is 374 g/mol. The zero-order chi connectivity index (χ0) is 20.6. The summed E-state index contributed by atoms with van der Waals surface area (Å²) >= 11 is 0. The second kappa shape index (κ2) is 7.69. The monoisotopic (exact) mass is 401 g/mol. The van der Waals surface area contributed by atoms with Crippen molar-refractivity contribution in [3.63, 3.8) is 0 Å².